The fourth-order valence-corrected chi connectivity index (χ4v) is 2.15. The predicted octanol–water partition coefficient (Wildman–Crippen LogP) is 3.81. The quantitative estimate of drug-likeness (QED) is 0.621. The number of benzene rings is 1. The second-order valence-electron chi connectivity index (χ2n) is 3.79. The number of nitrogens with zero attached hydrogens (tertiary/aromatic N) is 3. The van der Waals surface area contributed by atoms with E-state index in [2.05, 4.69) is 21.0 Å². The molecule has 5 nitrogen and oxygen atoms in total. The van der Waals surface area contributed by atoms with Gasteiger partial charge in [0.1, 0.15) is 5.69 Å². The van der Waals surface area contributed by atoms with Gasteiger partial charge in [0.05, 0.1) is 21.3 Å². The van der Waals surface area contributed by atoms with Crippen molar-refractivity contribution in [2.75, 3.05) is 0 Å². The van der Waals surface area contributed by atoms with Gasteiger partial charge < -0.3 is 0 Å². The third kappa shape index (κ3) is 2.13. The van der Waals surface area contributed by atoms with Gasteiger partial charge in [-0.2, -0.15) is 5.10 Å². The van der Waals surface area contributed by atoms with Gasteiger partial charge in [0.2, 0.25) is 0 Å². The van der Waals surface area contributed by atoms with Gasteiger partial charge in [0, 0.05) is 10.5 Å². The second-order valence-corrected chi connectivity index (χ2v) is 5.08. The van der Waals surface area contributed by atoms with Crippen molar-refractivity contribution in [1.82, 2.24) is 9.78 Å². The molecule has 0 fully saturated rings. The normalized spacial score (nSPS) is 10.7. The van der Waals surface area contributed by atoms with Crippen molar-refractivity contribution in [3.8, 4) is 5.69 Å². The average Bonchev–Trinajstić information content (AvgIpc) is 2.57. The van der Waals surface area contributed by atoms with E-state index in [9.17, 15) is 10.1 Å². The van der Waals surface area contributed by atoms with Crippen molar-refractivity contribution >= 4 is 33.2 Å². The Kier molecular flexibility index (Phi) is 3.41. The van der Waals surface area contributed by atoms with Crippen molar-refractivity contribution in [1.29, 1.82) is 0 Å². The molecule has 7 heteroatoms. The van der Waals surface area contributed by atoms with Crippen LogP contribution < -0.4 is 0 Å². The van der Waals surface area contributed by atoms with Gasteiger partial charge in [0.15, 0.2) is 0 Å². The lowest BCUT2D eigenvalue weighted by Crippen LogP contribution is -2.03. The van der Waals surface area contributed by atoms with Crippen molar-refractivity contribution in [2.24, 2.45) is 0 Å². The summed E-state index contributed by atoms with van der Waals surface area (Å²) in [6, 6.07) is 4.81. The summed E-state index contributed by atoms with van der Waals surface area (Å²) in [4.78, 5) is 10.6. The lowest BCUT2D eigenvalue weighted by atomic mass is 10.2. The van der Waals surface area contributed by atoms with Crippen LogP contribution in [0.5, 0.6) is 0 Å². The maximum absolute atomic E-state index is 11.1. The zero-order chi connectivity index (χ0) is 13.4. The molecule has 0 saturated heterocycles. The Morgan fingerprint density at radius 2 is 2.11 bits per heavy atom. The van der Waals surface area contributed by atoms with E-state index in [1.54, 1.807) is 26.0 Å². The zero-order valence-electron chi connectivity index (χ0n) is 9.65. The van der Waals surface area contributed by atoms with E-state index in [1.165, 1.54) is 10.7 Å². The third-order valence-corrected chi connectivity index (χ3v) is 3.61. The summed E-state index contributed by atoms with van der Waals surface area (Å²) in [5.74, 6) is 0. The van der Waals surface area contributed by atoms with Gasteiger partial charge in [0.25, 0.3) is 5.69 Å². The first kappa shape index (κ1) is 13.0. The zero-order valence-corrected chi connectivity index (χ0v) is 12.0. The molecular weight excluding hydrogens is 321 g/mol. The largest absolute Gasteiger partial charge is 0.296 e. The lowest BCUT2D eigenvalue weighted by molar-refractivity contribution is -0.384. The highest BCUT2D eigenvalue weighted by molar-refractivity contribution is 9.10. The number of hydrogen-bond acceptors (Lipinski definition) is 3. The first-order valence-corrected chi connectivity index (χ1v) is 6.25. The standard InChI is InChI=1S/C11H9BrClN3O2/c1-6-11(13)7(2)15(14-6)9-4-3-8(12)5-10(9)16(17)18/h3-5H,1-2H3. The molecule has 0 spiro atoms. The molecule has 0 atom stereocenters. The molecular formula is C11H9BrClN3O2. The lowest BCUT2D eigenvalue weighted by Gasteiger charge is -2.05. The van der Waals surface area contributed by atoms with Gasteiger partial charge >= 0.3 is 0 Å². The number of halogens is 2. The molecule has 0 saturated carbocycles. The molecule has 94 valence electrons. The van der Waals surface area contributed by atoms with Gasteiger partial charge in [-0.25, -0.2) is 4.68 Å². The van der Waals surface area contributed by atoms with Crippen LogP contribution in [-0.2, 0) is 0 Å². The molecule has 0 aliphatic rings. The molecule has 2 aromatic rings. The number of rotatable bonds is 2. The van der Waals surface area contributed by atoms with Gasteiger partial charge in [-0.3, -0.25) is 10.1 Å². The van der Waals surface area contributed by atoms with Crippen LogP contribution in [0, 0.1) is 24.0 Å². The summed E-state index contributed by atoms with van der Waals surface area (Å²) in [5.41, 5.74) is 1.70. The smallest absolute Gasteiger partial charge is 0.258 e. The van der Waals surface area contributed by atoms with E-state index in [4.69, 9.17) is 11.6 Å². The summed E-state index contributed by atoms with van der Waals surface area (Å²) >= 11 is 9.26. The van der Waals surface area contributed by atoms with Gasteiger partial charge in [-0.05, 0) is 26.0 Å². The van der Waals surface area contributed by atoms with E-state index in [-0.39, 0.29) is 5.69 Å². The SMILES string of the molecule is Cc1nn(-c2ccc(Br)cc2[N+](=O)[O-])c(C)c1Cl. The van der Waals surface area contributed by atoms with E-state index >= 15 is 0 Å². The molecule has 18 heavy (non-hydrogen) atoms. The molecule has 0 unspecified atom stereocenters. The van der Waals surface area contributed by atoms with Crippen LogP contribution in [0.25, 0.3) is 5.69 Å². The number of aromatic nitrogens is 2. The Morgan fingerprint density at radius 3 is 2.61 bits per heavy atom. The minimum Gasteiger partial charge on any atom is -0.258 e. The van der Waals surface area contributed by atoms with Crippen LogP contribution in [0.3, 0.4) is 0 Å². The summed E-state index contributed by atoms with van der Waals surface area (Å²) < 4.78 is 2.13. The fourth-order valence-electron chi connectivity index (χ4n) is 1.68. The van der Waals surface area contributed by atoms with Gasteiger partial charge in [-0.1, -0.05) is 27.5 Å². The Labute approximate surface area is 117 Å². The molecule has 0 bridgehead atoms. The number of aryl methyl sites for hydroxylation is 1. The van der Waals surface area contributed by atoms with E-state index in [0.717, 1.165) is 0 Å². The highest BCUT2D eigenvalue weighted by atomic mass is 79.9. The number of nitro groups is 1. The third-order valence-electron chi connectivity index (χ3n) is 2.57. The molecule has 2 rings (SSSR count). The van der Waals surface area contributed by atoms with Crippen LogP contribution in [0.1, 0.15) is 11.4 Å². The molecule has 0 N–H and O–H groups in total. The summed E-state index contributed by atoms with van der Waals surface area (Å²) in [6.07, 6.45) is 0. The monoisotopic (exact) mass is 329 g/mol. The Balaban J connectivity index is 2.71. The first-order chi connectivity index (χ1) is 8.41. The molecule has 1 aromatic heterocycles. The maximum atomic E-state index is 11.1. The topological polar surface area (TPSA) is 61.0 Å². The molecule has 1 heterocycles. The molecule has 0 radical (unpaired) electrons. The molecule has 0 aliphatic carbocycles. The minimum atomic E-state index is -0.440. The van der Waals surface area contributed by atoms with Crippen LogP contribution in [-0.4, -0.2) is 14.7 Å². The molecule has 1 aromatic carbocycles. The summed E-state index contributed by atoms with van der Waals surface area (Å²) in [5, 5.41) is 15.8. The highest BCUT2D eigenvalue weighted by Crippen LogP contribution is 2.30. The number of nitro benzene ring substituents is 1. The number of hydrogen-bond donors (Lipinski definition) is 0. The first-order valence-electron chi connectivity index (χ1n) is 5.08. The van der Waals surface area contributed by atoms with Crippen LogP contribution >= 0.6 is 27.5 Å². The van der Waals surface area contributed by atoms with E-state index in [1.807, 2.05) is 0 Å². The van der Waals surface area contributed by atoms with Crippen molar-refractivity contribution in [3.05, 3.63) is 49.2 Å². The second kappa shape index (κ2) is 4.70. The van der Waals surface area contributed by atoms with Crippen molar-refractivity contribution < 1.29 is 4.92 Å². The Bertz CT molecular complexity index is 639. The summed E-state index contributed by atoms with van der Waals surface area (Å²) in [6.45, 7) is 3.53. The summed E-state index contributed by atoms with van der Waals surface area (Å²) in [7, 11) is 0. The Morgan fingerprint density at radius 1 is 1.44 bits per heavy atom. The van der Waals surface area contributed by atoms with Crippen LogP contribution in [0.2, 0.25) is 5.02 Å². The molecule has 0 amide bonds. The van der Waals surface area contributed by atoms with Crippen LogP contribution in [0.4, 0.5) is 5.69 Å². The van der Waals surface area contributed by atoms with E-state index in [0.29, 0.717) is 26.6 Å². The molecule has 0 aliphatic heterocycles. The predicted molar refractivity (Wildman–Crippen MR) is 72.4 cm³/mol. The fraction of sp³-hybridized carbons (Fsp3) is 0.182. The van der Waals surface area contributed by atoms with Crippen molar-refractivity contribution in [2.45, 2.75) is 13.8 Å². The maximum Gasteiger partial charge on any atom is 0.296 e. The van der Waals surface area contributed by atoms with Crippen molar-refractivity contribution in [3.63, 3.8) is 0 Å². The Hall–Kier alpha value is -1.40. The average molecular weight is 331 g/mol. The highest BCUT2D eigenvalue weighted by Gasteiger charge is 2.20. The van der Waals surface area contributed by atoms with E-state index < -0.39 is 4.92 Å². The minimum absolute atomic E-state index is 0.0216. The van der Waals surface area contributed by atoms with Crippen LogP contribution in [0.15, 0.2) is 22.7 Å². The van der Waals surface area contributed by atoms with Gasteiger partial charge in [-0.15, -0.1) is 0 Å².